The molecule has 0 unspecified atom stereocenters. The van der Waals surface area contributed by atoms with Gasteiger partial charge in [0.15, 0.2) is 5.82 Å². The smallest absolute Gasteiger partial charge is 0.366 e. The summed E-state index contributed by atoms with van der Waals surface area (Å²) in [5.74, 6) is 0.793. The first kappa shape index (κ1) is 20.2. The fourth-order valence-corrected chi connectivity index (χ4v) is 4.23. The van der Waals surface area contributed by atoms with E-state index in [1.54, 1.807) is 23.1 Å². The minimum atomic E-state index is -4.45. The van der Waals surface area contributed by atoms with Crippen LogP contribution in [0.25, 0.3) is 11.3 Å². The van der Waals surface area contributed by atoms with Crippen LogP contribution in [0.4, 0.5) is 35.3 Å². The topological polar surface area (TPSA) is 74.2 Å². The Morgan fingerprint density at radius 2 is 2.03 bits per heavy atom. The third kappa shape index (κ3) is 3.72. The Morgan fingerprint density at radius 1 is 1.16 bits per heavy atom. The van der Waals surface area contributed by atoms with E-state index < -0.39 is 11.7 Å². The highest BCUT2D eigenvalue weighted by Gasteiger charge is 2.38. The Morgan fingerprint density at radius 3 is 2.81 bits per heavy atom. The molecule has 32 heavy (non-hydrogen) atoms. The van der Waals surface area contributed by atoms with Gasteiger partial charge in [-0.15, -0.1) is 0 Å². The number of benzene rings is 1. The van der Waals surface area contributed by atoms with E-state index >= 15 is 0 Å². The van der Waals surface area contributed by atoms with Gasteiger partial charge >= 0.3 is 12.2 Å². The standard InChI is InChI=1S/C22H19F3N6O/c23-22(24,25)15-4-1-3-14(11-15)17-6-7-18-20(28-17)31(16-5-2-10-30(18)12-16)21(32)29-19-8-9-26-13-27-19/h1,3-4,6-9,11,13,16H,2,5,10,12H2,(H,26,27,29,32)/t16-/m0/s1. The highest BCUT2D eigenvalue weighted by atomic mass is 19.4. The number of carbonyl (C=O) groups is 1. The second-order valence-electron chi connectivity index (χ2n) is 7.75. The summed E-state index contributed by atoms with van der Waals surface area (Å²) in [6, 6.07) is 9.67. The zero-order chi connectivity index (χ0) is 22.3. The van der Waals surface area contributed by atoms with E-state index in [0.29, 0.717) is 29.4 Å². The number of urea groups is 1. The summed E-state index contributed by atoms with van der Waals surface area (Å²) in [5, 5.41) is 2.77. The Hall–Kier alpha value is -3.69. The molecule has 2 bridgehead atoms. The molecule has 1 atom stereocenters. The molecule has 5 rings (SSSR count). The van der Waals surface area contributed by atoms with Gasteiger partial charge in [-0.05, 0) is 43.2 Å². The number of nitrogens with one attached hydrogen (secondary N) is 1. The summed E-state index contributed by atoms with van der Waals surface area (Å²) >= 11 is 0. The Balaban J connectivity index is 1.55. The molecule has 1 fully saturated rings. The molecule has 0 spiro atoms. The quantitative estimate of drug-likeness (QED) is 0.632. The number of fused-ring (bicyclic) bond motifs is 4. The average Bonchev–Trinajstić information content (AvgIpc) is 2.79. The van der Waals surface area contributed by atoms with Gasteiger partial charge in [0.25, 0.3) is 0 Å². The van der Waals surface area contributed by atoms with Gasteiger partial charge in [0.05, 0.1) is 23.0 Å². The normalized spacial score (nSPS) is 17.7. The highest BCUT2D eigenvalue weighted by Crippen LogP contribution is 2.40. The summed E-state index contributed by atoms with van der Waals surface area (Å²) in [7, 11) is 0. The van der Waals surface area contributed by atoms with E-state index in [1.165, 1.54) is 18.6 Å². The first-order valence-corrected chi connectivity index (χ1v) is 10.2. The maximum Gasteiger partial charge on any atom is 0.416 e. The van der Waals surface area contributed by atoms with E-state index in [2.05, 4.69) is 25.2 Å². The summed E-state index contributed by atoms with van der Waals surface area (Å²) in [5.41, 5.74) is 0.753. The third-order valence-corrected chi connectivity index (χ3v) is 5.71. The third-order valence-electron chi connectivity index (χ3n) is 5.71. The van der Waals surface area contributed by atoms with Crippen molar-refractivity contribution in [3.8, 4) is 11.3 Å². The predicted octanol–water partition coefficient (Wildman–Crippen LogP) is 4.58. The van der Waals surface area contributed by atoms with Crippen LogP contribution in [0.1, 0.15) is 18.4 Å². The Bertz CT molecular complexity index is 1150. The molecular weight excluding hydrogens is 421 g/mol. The molecule has 164 valence electrons. The van der Waals surface area contributed by atoms with E-state index in [4.69, 9.17) is 0 Å². The zero-order valence-corrected chi connectivity index (χ0v) is 16.9. The van der Waals surface area contributed by atoms with Crippen molar-refractivity contribution in [3.63, 3.8) is 0 Å². The monoisotopic (exact) mass is 440 g/mol. The zero-order valence-electron chi connectivity index (χ0n) is 16.9. The van der Waals surface area contributed by atoms with Gasteiger partial charge in [-0.2, -0.15) is 13.2 Å². The summed E-state index contributed by atoms with van der Waals surface area (Å²) in [6.45, 7) is 1.52. The number of amides is 2. The van der Waals surface area contributed by atoms with Crippen LogP contribution in [0, 0.1) is 0 Å². The largest absolute Gasteiger partial charge is 0.416 e. The lowest BCUT2D eigenvalue weighted by atomic mass is 9.99. The number of nitrogens with zero attached hydrogens (tertiary/aromatic N) is 5. The molecule has 1 N–H and O–H groups in total. The van der Waals surface area contributed by atoms with Crippen molar-refractivity contribution in [2.24, 2.45) is 0 Å². The molecule has 4 heterocycles. The van der Waals surface area contributed by atoms with Crippen molar-refractivity contribution in [3.05, 3.63) is 60.6 Å². The first-order valence-electron chi connectivity index (χ1n) is 10.2. The number of aromatic nitrogens is 3. The van der Waals surface area contributed by atoms with Crippen molar-refractivity contribution in [1.82, 2.24) is 15.0 Å². The lowest BCUT2D eigenvalue weighted by molar-refractivity contribution is -0.137. The van der Waals surface area contributed by atoms with Gasteiger partial charge in [0.1, 0.15) is 12.1 Å². The van der Waals surface area contributed by atoms with Crippen LogP contribution >= 0.6 is 0 Å². The number of hydrogen-bond donors (Lipinski definition) is 1. The molecule has 0 saturated carbocycles. The van der Waals surface area contributed by atoms with E-state index in [0.717, 1.165) is 37.2 Å². The van der Waals surface area contributed by atoms with E-state index in [9.17, 15) is 18.0 Å². The minimum absolute atomic E-state index is 0.0950. The summed E-state index contributed by atoms with van der Waals surface area (Å²) < 4.78 is 39.6. The molecular formula is C22H19F3N6O. The fourth-order valence-electron chi connectivity index (χ4n) is 4.23. The number of carbonyl (C=O) groups excluding carboxylic acids is 1. The molecule has 0 aliphatic carbocycles. The van der Waals surface area contributed by atoms with Crippen LogP contribution in [0.3, 0.4) is 0 Å². The number of alkyl halides is 3. The number of anilines is 3. The van der Waals surface area contributed by atoms with Gasteiger partial charge in [-0.25, -0.2) is 19.7 Å². The van der Waals surface area contributed by atoms with Gasteiger partial charge in [0.2, 0.25) is 0 Å². The van der Waals surface area contributed by atoms with Crippen molar-refractivity contribution in [2.75, 3.05) is 28.2 Å². The highest BCUT2D eigenvalue weighted by molar-refractivity contribution is 6.04. The molecule has 2 aliphatic rings. The molecule has 1 aromatic carbocycles. The molecule has 1 saturated heterocycles. The number of rotatable bonds is 2. The molecule has 0 radical (unpaired) electrons. The van der Waals surface area contributed by atoms with Crippen LogP contribution < -0.4 is 15.1 Å². The van der Waals surface area contributed by atoms with E-state index in [1.807, 2.05) is 6.07 Å². The predicted molar refractivity (Wildman–Crippen MR) is 113 cm³/mol. The molecule has 2 aliphatic heterocycles. The number of hydrogen-bond acceptors (Lipinski definition) is 5. The van der Waals surface area contributed by atoms with Crippen molar-refractivity contribution >= 4 is 23.4 Å². The molecule has 2 aromatic heterocycles. The number of piperidine rings is 1. The van der Waals surface area contributed by atoms with Crippen LogP contribution in [-0.4, -0.2) is 40.1 Å². The second kappa shape index (κ2) is 7.77. The Labute approximate surface area is 181 Å². The fraction of sp³-hybridized carbons (Fsp3) is 0.273. The average molecular weight is 440 g/mol. The molecule has 3 aromatic rings. The van der Waals surface area contributed by atoms with E-state index in [-0.39, 0.29) is 12.1 Å². The van der Waals surface area contributed by atoms with Gasteiger partial charge < -0.3 is 4.90 Å². The van der Waals surface area contributed by atoms with Gasteiger partial charge in [0, 0.05) is 24.8 Å². The minimum Gasteiger partial charge on any atom is -0.366 e. The van der Waals surface area contributed by atoms with Gasteiger partial charge in [-0.1, -0.05) is 12.1 Å². The van der Waals surface area contributed by atoms with Crippen molar-refractivity contribution in [2.45, 2.75) is 25.1 Å². The molecule has 2 amide bonds. The summed E-state index contributed by atoms with van der Waals surface area (Å²) in [4.78, 5) is 29.5. The van der Waals surface area contributed by atoms with Crippen molar-refractivity contribution in [1.29, 1.82) is 0 Å². The van der Waals surface area contributed by atoms with Crippen molar-refractivity contribution < 1.29 is 18.0 Å². The lowest BCUT2D eigenvalue weighted by Gasteiger charge is -2.45. The van der Waals surface area contributed by atoms with Crippen LogP contribution in [-0.2, 0) is 6.18 Å². The number of halogens is 3. The maximum atomic E-state index is 13.2. The summed E-state index contributed by atoms with van der Waals surface area (Å²) in [6.07, 6.45) is 0.154. The lowest BCUT2D eigenvalue weighted by Crippen LogP contribution is -2.56. The van der Waals surface area contributed by atoms with Crippen LogP contribution in [0.2, 0.25) is 0 Å². The number of pyridine rings is 1. The first-order chi connectivity index (χ1) is 15.4. The van der Waals surface area contributed by atoms with Gasteiger partial charge in [-0.3, -0.25) is 10.2 Å². The van der Waals surface area contributed by atoms with Crippen LogP contribution in [0.15, 0.2) is 55.0 Å². The Kier molecular flexibility index (Phi) is 4.91. The SMILES string of the molecule is O=C(Nc1ccncn1)N1c2nc(-c3cccc(C(F)(F)F)c3)ccc2N2CCC[C@H]1C2. The maximum absolute atomic E-state index is 13.2. The van der Waals surface area contributed by atoms with Crippen LogP contribution in [0.5, 0.6) is 0 Å². The molecule has 7 nitrogen and oxygen atoms in total. The second-order valence-corrected chi connectivity index (χ2v) is 7.75. The molecule has 10 heteroatoms.